The maximum absolute atomic E-state index is 12.9. The van der Waals surface area contributed by atoms with Crippen LogP contribution in [0.1, 0.15) is 316 Å². The number of rotatable bonds is 58. The zero-order valence-corrected chi connectivity index (χ0v) is 49.6. The van der Waals surface area contributed by atoms with Gasteiger partial charge in [0.2, 0.25) is 0 Å². The summed E-state index contributed by atoms with van der Waals surface area (Å²) in [5, 5.41) is 0. The monoisotopic (exact) mass is 1040 g/mol. The average molecular weight is 1050 g/mol. The third-order valence-corrected chi connectivity index (χ3v) is 13.9. The Balaban J connectivity index is 4.37. The van der Waals surface area contributed by atoms with E-state index in [-0.39, 0.29) is 31.1 Å². The van der Waals surface area contributed by atoms with Crippen LogP contribution in [0.2, 0.25) is 0 Å². The SMILES string of the molecule is CC/C=C\C/C=C\C/C=C\C/C=C\CCCCCCCCCCCCC(=O)OCC(COC(=O)CCCCCCCCCCCCCCCCC)OC(=O)CCCCCCCC/C=C\C/C=C\C/C=C\CCCCC. The number of allylic oxidation sites excluding steroid dienone is 14. The number of carbonyl (C=O) groups excluding carboxylic acids is 3. The van der Waals surface area contributed by atoms with E-state index in [1.54, 1.807) is 0 Å². The van der Waals surface area contributed by atoms with Gasteiger partial charge in [0.15, 0.2) is 6.10 Å². The van der Waals surface area contributed by atoms with Gasteiger partial charge in [-0.1, -0.05) is 286 Å². The standard InChI is InChI=1S/C69H120O6/c1-4-7-10-13-16-19-22-25-28-30-32-33-34-35-37-38-41-44-47-50-53-56-59-62-68(71)74-65-66(64-73-67(70)61-58-55-52-49-46-43-40-27-24-21-18-15-12-9-6-3)75-69(72)63-60-57-54-51-48-45-42-39-36-31-29-26-23-20-17-14-11-8-5-2/h7,10,16-17,19-20,25-26,28-29,32-33,36,39,66H,4-6,8-9,11-15,18,21-24,27,30-31,34-35,37-38,40-65H2,1-3H3/b10-7-,19-16-,20-17-,28-25-,29-26-,33-32-,39-36-. The van der Waals surface area contributed by atoms with Crippen LogP contribution < -0.4 is 0 Å². The van der Waals surface area contributed by atoms with E-state index in [0.717, 1.165) is 109 Å². The molecule has 0 rings (SSSR count). The molecule has 75 heavy (non-hydrogen) atoms. The van der Waals surface area contributed by atoms with E-state index in [4.69, 9.17) is 14.2 Å². The predicted molar refractivity (Wildman–Crippen MR) is 325 cm³/mol. The number of unbranched alkanes of at least 4 members (excludes halogenated alkanes) is 33. The van der Waals surface area contributed by atoms with Crippen molar-refractivity contribution in [1.82, 2.24) is 0 Å². The molecule has 1 unspecified atom stereocenters. The third kappa shape index (κ3) is 61.3. The molecule has 0 fully saturated rings. The second kappa shape index (κ2) is 63.1. The van der Waals surface area contributed by atoms with E-state index >= 15 is 0 Å². The van der Waals surface area contributed by atoms with E-state index in [2.05, 4.69) is 106 Å². The van der Waals surface area contributed by atoms with Crippen LogP contribution in [0.3, 0.4) is 0 Å². The van der Waals surface area contributed by atoms with Gasteiger partial charge >= 0.3 is 17.9 Å². The van der Waals surface area contributed by atoms with Crippen molar-refractivity contribution in [3.8, 4) is 0 Å². The van der Waals surface area contributed by atoms with Crippen molar-refractivity contribution in [2.75, 3.05) is 13.2 Å². The molecule has 0 amide bonds. The Labute approximate surface area is 465 Å². The number of carbonyl (C=O) groups is 3. The topological polar surface area (TPSA) is 78.9 Å². The van der Waals surface area contributed by atoms with Crippen LogP contribution in [0.5, 0.6) is 0 Å². The molecule has 0 aromatic rings. The van der Waals surface area contributed by atoms with Gasteiger partial charge in [-0.3, -0.25) is 14.4 Å². The maximum atomic E-state index is 12.9. The summed E-state index contributed by atoms with van der Waals surface area (Å²) in [6.07, 6.45) is 82.9. The molecule has 0 spiro atoms. The molecule has 0 aliphatic heterocycles. The van der Waals surface area contributed by atoms with Crippen LogP contribution >= 0.6 is 0 Å². The van der Waals surface area contributed by atoms with Gasteiger partial charge in [0, 0.05) is 19.3 Å². The minimum Gasteiger partial charge on any atom is -0.462 e. The lowest BCUT2D eigenvalue weighted by atomic mass is 10.0. The minimum atomic E-state index is -0.785. The molecule has 0 aromatic carbocycles. The Morgan fingerprint density at radius 2 is 0.520 bits per heavy atom. The summed E-state index contributed by atoms with van der Waals surface area (Å²) in [5.74, 6) is -0.883. The highest BCUT2D eigenvalue weighted by Gasteiger charge is 2.19. The number of ether oxygens (including phenoxy) is 3. The Morgan fingerprint density at radius 3 is 0.840 bits per heavy atom. The highest BCUT2D eigenvalue weighted by molar-refractivity contribution is 5.71. The molecule has 0 heterocycles. The average Bonchev–Trinajstić information content (AvgIpc) is 3.41. The molecule has 1 atom stereocenters. The Hall–Kier alpha value is -3.41. The van der Waals surface area contributed by atoms with E-state index in [1.807, 2.05) is 0 Å². The zero-order chi connectivity index (χ0) is 54.3. The van der Waals surface area contributed by atoms with E-state index in [1.165, 1.54) is 167 Å². The molecule has 432 valence electrons. The molecular formula is C69H120O6. The van der Waals surface area contributed by atoms with E-state index in [0.29, 0.717) is 19.3 Å². The van der Waals surface area contributed by atoms with Crippen molar-refractivity contribution in [2.24, 2.45) is 0 Å². The summed E-state index contributed by atoms with van der Waals surface area (Å²) in [6.45, 7) is 6.52. The van der Waals surface area contributed by atoms with Gasteiger partial charge < -0.3 is 14.2 Å². The van der Waals surface area contributed by atoms with Crippen LogP contribution in [0.25, 0.3) is 0 Å². The van der Waals surface area contributed by atoms with Crippen LogP contribution in [-0.2, 0) is 28.6 Å². The lowest BCUT2D eigenvalue weighted by Crippen LogP contribution is -2.30. The van der Waals surface area contributed by atoms with Gasteiger partial charge in [-0.05, 0) is 96.3 Å². The van der Waals surface area contributed by atoms with Gasteiger partial charge in [0.1, 0.15) is 13.2 Å². The van der Waals surface area contributed by atoms with Crippen molar-refractivity contribution >= 4 is 17.9 Å². The van der Waals surface area contributed by atoms with Gasteiger partial charge in [0.05, 0.1) is 0 Å². The first-order chi connectivity index (χ1) is 37.0. The van der Waals surface area contributed by atoms with Crippen molar-refractivity contribution in [2.45, 2.75) is 322 Å². The first-order valence-electron chi connectivity index (χ1n) is 32.1. The largest absolute Gasteiger partial charge is 0.462 e. The summed E-state index contributed by atoms with van der Waals surface area (Å²) in [7, 11) is 0. The van der Waals surface area contributed by atoms with Gasteiger partial charge in [0.25, 0.3) is 0 Å². The van der Waals surface area contributed by atoms with Crippen LogP contribution in [-0.4, -0.2) is 37.2 Å². The first-order valence-corrected chi connectivity index (χ1v) is 32.1. The second-order valence-corrected chi connectivity index (χ2v) is 21.3. The molecule has 6 nitrogen and oxygen atoms in total. The van der Waals surface area contributed by atoms with Gasteiger partial charge in [-0.2, -0.15) is 0 Å². The molecule has 0 bridgehead atoms. The van der Waals surface area contributed by atoms with Crippen LogP contribution in [0, 0.1) is 0 Å². The maximum Gasteiger partial charge on any atom is 0.306 e. The minimum absolute atomic E-state index is 0.0802. The second-order valence-electron chi connectivity index (χ2n) is 21.3. The number of hydrogen-bond acceptors (Lipinski definition) is 6. The number of esters is 3. The van der Waals surface area contributed by atoms with Crippen LogP contribution in [0.4, 0.5) is 0 Å². The molecule has 0 aromatic heterocycles. The molecule has 6 heteroatoms. The summed E-state index contributed by atoms with van der Waals surface area (Å²) in [4.78, 5) is 38.3. The Morgan fingerprint density at radius 1 is 0.280 bits per heavy atom. The molecule has 0 aliphatic rings. The molecule has 0 N–H and O–H groups in total. The Bertz CT molecular complexity index is 1430. The molecule has 0 radical (unpaired) electrons. The summed E-state index contributed by atoms with van der Waals surface area (Å²) < 4.78 is 16.9. The Kier molecular flexibility index (Phi) is 60.3. The zero-order valence-electron chi connectivity index (χ0n) is 49.6. The van der Waals surface area contributed by atoms with Crippen LogP contribution in [0.15, 0.2) is 85.1 Å². The lowest BCUT2D eigenvalue weighted by molar-refractivity contribution is -0.167. The van der Waals surface area contributed by atoms with Crippen molar-refractivity contribution in [1.29, 1.82) is 0 Å². The number of hydrogen-bond donors (Lipinski definition) is 0. The normalized spacial score (nSPS) is 12.6. The van der Waals surface area contributed by atoms with E-state index < -0.39 is 6.10 Å². The lowest BCUT2D eigenvalue weighted by Gasteiger charge is -2.18. The highest BCUT2D eigenvalue weighted by Crippen LogP contribution is 2.16. The highest BCUT2D eigenvalue weighted by atomic mass is 16.6. The first kappa shape index (κ1) is 71.6. The summed E-state index contributed by atoms with van der Waals surface area (Å²) in [5.41, 5.74) is 0. The molecule has 0 saturated heterocycles. The molecule has 0 saturated carbocycles. The fourth-order valence-corrected chi connectivity index (χ4v) is 9.09. The van der Waals surface area contributed by atoms with E-state index in [9.17, 15) is 14.4 Å². The quantitative estimate of drug-likeness (QED) is 0.0261. The van der Waals surface area contributed by atoms with Crippen molar-refractivity contribution in [3.05, 3.63) is 85.1 Å². The predicted octanol–water partition coefficient (Wildman–Crippen LogP) is 21.9. The van der Waals surface area contributed by atoms with Gasteiger partial charge in [-0.25, -0.2) is 0 Å². The van der Waals surface area contributed by atoms with Crippen molar-refractivity contribution in [3.63, 3.8) is 0 Å². The van der Waals surface area contributed by atoms with Gasteiger partial charge in [-0.15, -0.1) is 0 Å². The summed E-state index contributed by atoms with van der Waals surface area (Å²) >= 11 is 0. The fourth-order valence-electron chi connectivity index (χ4n) is 9.09. The van der Waals surface area contributed by atoms with Crippen molar-refractivity contribution < 1.29 is 28.6 Å². The molecular weight excluding hydrogens is 925 g/mol. The molecule has 0 aliphatic carbocycles. The smallest absolute Gasteiger partial charge is 0.306 e. The third-order valence-electron chi connectivity index (χ3n) is 13.9. The fraction of sp³-hybridized carbons (Fsp3) is 0.754. The summed E-state index contributed by atoms with van der Waals surface area (Å²) in [6, 6.07) is 0.